The minimum atomic E-state index is -4.07. The number of anilines is 1. The van der Waals surface area contributed by atoms with Crippen molar-refractivity contribution in [1.82, 2.24) is 4.72 Å². The van der Waals surface area contributed by atoms with Crippen LogP contribution in [-0.2, 0) is 16.6 Å². The largest absolute Gasteiger partial charge is 0.497 e. The van der Waals surface area contributed by atoms with Gasteiger partial charge in [0.2, 0.25) is 10.0 Å². The Bertz CT molecular complexity index is 1230. The van der Waals surface area contributed by atoms with E-state index >= 15 is 0 Å². The van der Waals surface area contributed by atoms with Crippen LogP contribution in [0.4, 0.5) is 14.5 Å². The quantitative estimate of drug-likeness (QED) is 0.532. The van der Waals surface area contributed by atoms with Gasteiger partial charge in [0.15, 0.2) is 0 Å². The van der Waals surface area contributed by atoms with Crippen molar-refractivity contribution >= 4 is 21.6 Å². The summed E-state index contributed by atoms with van der Waals surface area (Å²) in [5.74, 6) is -1.47. The van der Waals surface area contributed by atoms with Gasteiger partial charge in [0.05, 0.1) is 30.4 Å². The van der Waals surface area contributed by atoms with Gasteiger partial charge in [-0.15, -0.1) is 0 Å². The summed E-state index contributed by atoms with van der Waals surface area (Å²) in [7, 11) is -1.23. The minimum Gasteiger partial charge on any atom is -0.497 e. The van der Waals surface area contributed by atoms with Gasteiger partial charge in [-0.05, 0) is 48.0 Å². The molecular formula is C22H20F2N2O5S. The number of rotatable bonds is 8. The Hall–Kier alpha value is -3.50. The molecule has 0 aromatic heterocycles. The average molecular weight is 462 g/mol. The van der Waals surface area contributed by atoms with E-state index < -0.39 is 33.1 Å². The van der Waals surface area contributed by atoms with Crippen LogP contribution in [0.2, 0.25) is 0 Å². The maximum atomic E-state index is 14.4. The maximum absolute atomic E-state index is 14.4. The molecule has 7 nitrogen and oxygen atoms in total. The number of ether oxygens (including phenoxy) is 2. The predicted molar refractivity (Wildman–Crippen MR) is 114 cm³/mol. The number of amides is 1. The fraction of sp³-hybridized carbons (Fsp3) is 0.136. The lowest BCUT2D eigenvalue weighted by Gasteiger charge is -2.13. The van der Waals surface area contributed by atoms with Gasteiger partial charge in [0, 0.05) is 12.6 Å². The van der Waals surface area contributed by atoms with Crippen LogP contribution in [0.3, 0.4) is 0 Å². The first-order valence-corrected chi connectivity index (χ1v) is 10.8. The summed E-state index contributed by atoms with van der Waals surface area (Å²) in [6.45, 7) is -0.109. The highest BCUT2D eigenvalue weighted by molar-refractivity contribution is 7.89. The van der Waals surface area contributed by atoms with Gasteiger partial charge in [-0.2, -0.15) is 0 Å². The molecule has 32 heavy (non-hydrogen) atoms. The monoisotopic (exact) mass is 462 g/mol. The molecule has 0 heterocycles. The molecular weight excluding hydrogens is 442 g/mol. The van der Waals surface area contributed by atoms with Crippen LogP contribution >= 0.6 is 0 Å². The number of nitrogens with one attached hydrogen (secondary N) is 2. The van der Waals surface area contributed by atoms with Gasteiger partial charge >= 0.3 is 0 Å². The second kappa shape index (κ2) is 9.75. The van der Waals surface area contributed by atoms with E-state index in [2.05, 4.69) is 10.0 Å². The molecule has 0 bridgehead atoms. The number of halogens is 2. The van der Waals surface area contributed by atoms with Crippen molar-refractivity contribution in [2.45, 2.75) is 11.4 Å². The molecule has 168 valence electrons. The van der Waals surface area contributed by atoms with Crippen molar-refractivity contribution in [2.24, 2.45) is 0 Å². The Morgan fingerprint density at radius 3 is 2.31 bits per heavy atom. The molecule has 0 spiro atoms. The fourth-order valence-corrected chi connectivity index (χ4v) is 3.85. The number of sulfonamides is 1. The molecule has 2 N–H and O–H groups in total. The molecule has 0 unspecified atom stereocenters. The van der Waals surface area contributed by atoms with Gasteiger partial charge in [-0.25, -0.2) is 21.9 Å². The topological polar surface area (TPSA) is 93.7 Å². The molecule has 0 saturated heterocycles. The summed E-state index contributed by atoms with van der Waals surface area (Å²) < 4.78 is 65.2. The van der Waals surface area contributed by atoms with E-state index in [1.807, 2.05) is 0 Å². The number of benzene rings is 3. The molecule has 3 aromatic rings. The Morgan fingerprint density at radius 2 is 1.66 bits per heavy atom. The first-order chi connectivity index (χ1) is 15.2. The Kier molecular flexibility index (Phi) is 7.06. The SMILES string of the molecule is COc1ccc(OC)c(NC(=O)c2cc(S(=O)(=O)NCc3ccc(F)cc3)ccc2F)c1. The molecule has 10 heteroatoms. The van der Waals surface area contributed by atoms with Crippen molar-refractivity contribution in [3.8, 4) is 11.5 Å². The van der Waals surface area contributed by atoms with E-state index in [0.29, 0.717) is 17.1 Å². The van der Waals surface area contributed by atoms with Gasteiger partial charge in [-0.3, -0.25) is 4.79 Å². The van der Waals surface area contributed by atoms with Crippen LogP contribution in [0.5, 0.6) is 11.5 Å². The molecule has 0 fully saturated rings. The predicted octanol–water partition coefficient (Wildman–Crippen LogP) is 3.71. The average Bonchev–Trinajstić information content (AvgIpc) is 2.78. The molecule has 3 rings (SSSR count). The highest BCUT2D eigenvalue weighted by atomic mass is 32.2. The van der Waals surface area contributed by atoms with E-state index in [0.717, 1.165) is 18.2 Å². The zero-order valence-corrected chi connectivity index (χ0v) is 18.0. The maximum Gasteiger partial charge on any atom is 0.258 e. The first-order valence-electron chi connectivity index (χ1n) is 9.30. The zero-order chi connectivity index (χ0) is 23.3. The van der Waals surface area contributed by atoms with Gasteiger partial charge in [-0.1, -0.05) is 12.1 Å². The molecule has 0 atom stereocenters. The lowest BCUT2D eigenvalue weighted by atomic mass is 10.2. The summed E-state index contributed by atoms with van der Waals surface area (Å²) in [5.41, 5.74) is 0.277. The summed E-state index contributed by atoms with van der Waals surface area (Å²) in [6.07, 6.45) is 0. The van der Waals surface area contributed by atoms with Crippen LogP contribution in [0.25, 0.3) is 0 Å². The number of methoxy groups -OCH3 is 2. The molecule has 0 aliphatic rings. The highest BCUT2D eigenvalue weighted by Crippen LogP contribution is 2.29. The van der Waals surface area contributed by atoms with E-state index in [-0.39, 0.29) is 17.1 Å². The van der Waals surface area contributed by atoms with Crippen molar-refractivity contribution in [1.29, 1.82) is 0 Å². The van der Waals surface area contributed by atoms with Crippen molar-refractivity contribution in [2.75, 3.05) is 19.5 Å². The van der Waals surface area contributed by atoms with Gasteiger partial charge < -0.3 is 14.8 Å². The Labute approximate surface area is 184 Å². The van der Waals surface area contributed by atoms with Crippen molar-refractivity contribution < 1.29 is 31.5 Å². The van der Waals surface area contributed by atoms with E-state index in [4.69, 9.17) is 9.47 Å². The number of carbonyl (C=O) groups is 1. The van der Waals surface area contributed by atoms with Crippen LogP contribution in [0.15, 0.2) is 65.6 Å². The summed E-state index contributed by atoms with van der Waals surface area (Å²) in [4.78, 5) is 12.4. The van der Waals surface area contributed by atoms with Crippen LogP contribution in [-0.4, -0.2) is 28.5 Å². The van der Waals surface area contributed by atoms with Crippen molar-refractivity contribution in [3.63, 3.8) is 0 Å². The Morgan fingerprint density at radius 1 is 0.938 bits per heavy atom. The summed E-state index contributed by atoms with van der Waals surface area (Å²) in [6, 6.07) is 12.8. The number of hydrogen-bond donors (Lipinski definition) is 2. The van der Waals surface area contributed by atoms with Gasteiger partial charge in [0.1, 0.15) is 23.1 Å². The Balaban J connectivity index is 1.83. The van der Waals surface area contributed by atoms with Crippen LogP contribution in [0.1, 0.15) is 15.9 Å². The smallest absolute Gasteiger partial charge is 0.258 e. The summed E-state index contributed by atoms with van der Waals surface area (Å²) >= 11 is 0. The lowest BCUT2D eigenvalue weighted by molar-refractivity contribution is 0.102. The lowest BCUT2D eigenvalue weighted by Crippen LogP contribution is -2.24. The molecule has 3 aromatic carbocycles. The normalized spacial score (nSPS) is 11.1. The third-order valence-electron chi connectivity index (χ3n) is 4.53. The minimum absolute atomic E-state index is 0.109. The van der Waals surface area contributed by atoms with E-state index in [9.17, 15) is 22.0 Å². The first kappa shape index (κ1) is 23.2. The molecule has 0 aliphatic carbocycles. The molecule has 0 saturated carbocycles. The third-order valence-corrected chi connectivity index (χ3v) is 5.93. The number of hydrogen-bond acceptors (Lipinski definition) is 5. The molecule has 0 aliphatic heterocycles. The standard InChI is InChI=1S/C22H20F2N2O5S/c1-30-16-7-10-21(31-2)20(11-16)26-22(27)18-12-17(8-9-19(18)24)32(28,29)25-13-14-3-5-15(23)6-4-14/h3-12,25H,13H2,1-2H3,(H,26,27). The third kappa shape index (κ3) is 5.40. The van der Waals surface area contributed by atoms with Crippen LogP contribution in [0, 0.1) is 11.6 Å². The summed E-state index contributed by atoms with van der Waals surface area (Å²) in [5, 5.41) is 2.50. The zero-order valence-electron chi connectivity index (χ0n) is 17.2. The highest BCUT2D eigenvalue weighted by Gasteiger charge is 2.20. The van der Waals surface area contributed by atoms with E-state index in [1.165, 1.54) is 44.6 Å². The van der Waals surface area contributed by atoms with Crippen LogP contribution < -0.4 is 19.5 Å². The van der Waals surface area contributed by atoms with E-state index in [1.54, 1.807) is 12.1 Å². The molecule has 1 amide bonds. The van der Waals surface area contributed by atoms with Gasteiger partial charge in [0.25, 0.3) is 5.91 Å². The second-order valence-corrected chi connectivity index (χ2v) is 8.38. The fourth-order valence-electron chi connectivity index (χ4n) is 2.81. The second-order valence-electron chi connectivity index (χ2n) is 6.61. The number of carbonyl (C=O) groups excluding carboxylic acids is 1. The molecule has 0 radical (unpaired) electrons. The van der Waals surface area contributed by atoms with Crippen molar-refractivity contribution in [3.05, 3.63) is 83.4 Å².